The molecule has 1 aromatic carbocycles. The van der Waals surface area contributed by atoms with Crippen LogP contribution in [0.2, 0.25) is 0 Å². The maximum atomic E-state index is 11.7. The lowest BCUT2D eigenvalue weighted by Gasteiger charge is -2.16. The van der Waals surface area contributed by atoms with E-state index < -0.39 is 0 Å². The molecule has 18 heavy (non-hydrogen) atoms. The zero-order chi connectivity index (χ0) is 12.4. The van der Waals surface area contributed by atoms with Crippen molar-refractivity contribution in [3.63, 3.8) is 0 Å². The Hall–Kier alpha value is -2.10. The third-order valence-electron chi connectivity index (χ3n) is 3.20. The molecular formula is C14H15N3O. The number of H-pyrrole nitrogens is 1. The highest BCUT2D eigenvalue weighted by Gasteiger charge is 2.15. The molecule has 1 aliphatic heterocycles. The van der Waals surface area contributed by atoms with Gasteiger partial charge in [-0.05, 0) is 12.8 Å². The summed E-state index contributed by atoms with van der Waals surface area (Å²) >= 11 is 0. The SMILES string of the molecule is O=c1cc(-c2ccccc2)nc(N2CCCC2)[nH]1. The highest BCUT2D eigenvalue weighted by atomic mass is 16.1. The van der Waals surface area contributed by atoms with E-state index in [1.165, 1.54) is 12.8 Å². The summed E-state index contributed by atoms with van der Waals surface area (Å²) in [6, 6.07) is 11.3. The first-order valence-electron chi connectivity index (χ1n) is 6.25. The molecule has 2 heterocycles. The van der Waals surface area contributed by atoms with Gasteiger partial charge in [0.1, 0.15) is 0 Å². The molecule has 0 aliphatic carbocycles. The van der Waals surface area contributed by atoms with Crippen LogP contribution in [0.5, 0.6) is 0 Å². The van der Waals surface area contributed by atoms with Crippen LogP contribution in [0.15, 0.2) is 41.2 Å². The second-order valence-corrected chi connectivity index (χ2v) is 4.51. The molecule has 1 saturated heterocycles. The van der Waals surface area contributed by atoms with E-state index in [1.54, 1.807) is 6.07 Å². The van der Waals surface area contributed by atoms with Gasteiger partial charge >= 0.3 is 0 Å². The molecule has 0 atom stereocenters. The number of hydrogen-bond donors (Lipinski definition) is 1. The standard InChI is InChI=1S/C14H15N3O/c18-13-10-12(11-6-2-1-3-7-11)15-14(16-13)17-8-4-5-9-17/h1-3,6-7,10H,4-5,8-9H2,(H,15,16,18). The normalized spacial score (nSPS) is 15.0. The predicted octanol–water partition coefficient (Wildman–Crippen LogP) is 2.04. The van der Waals surface area contributed by atoms with Gasteiger partial charge in [-0.2, -0.15) is 0 Å². The van der Waals surface area contributed by atoms with Gasteiger partial charge in [-0.1, -0.05) is 30.3 Å². The van der Waals surface area contributed by atoms with Crippen molar-refractivity contribution in [3.05, 3.63) is 46.8 Å². The van der Waals surface area contributed by atoms with Crippen LogP contribution >= 0.6 is 0 Å². The first kappa shape index (κ1) is 11.0. The van der Waals surface area contributed by atoms with Crippen LogP contribution in [0, 0.1) is 0 Å². The summed E-state index contributed by atoms with van der Waals surface area (Å²) in [5.74, 6) is 0.693. The smallest absolute Gasteiger partial charge is 0.252 e. The second kappa shape index (κ2) is 4.64. The fourth-order valence-electron chi connectivity index (χ4n) is 2.28. The van der Waals surface area contributed by atoms with Crippen LogP contribution in [0.25, 0.3) is 11.3 Å². The van der Waals surface area contributed by atoms with Crippen molar-refractivity contribution >= 4 is 5.95 Å². The average molecular weight is 241 g/mol. The lowest BCUT2D eigenvalue weighted by molar-refractivity contribution is 0.892. The third kappa shape index (κ3) is 2.14. The Labute approximate surface area is 105 Å². The minimum atomic E-state index is -0.0919. The van der Waals surface area contributed by atoms with E-state index in [2.05, 4.69) is 14.9 Å². The lowest BCUT2D eigenvalue weighted by atomic mass is 10.1. The van der Waals surface area contributed by atoms with Gasteiger partial charge in [0.05, 0.1) is 5.69 Å². The highest BCUT2D eigenvalue weighted by molar-refractivity contribution is 5.59. The van der Waals surface area contributed by atoms with Crippen molar-refractivity contribution in [2.24, 2.45) is 0 Å². The molecule has 1 N–H and O–H groups in total. The minimum absolute atomic E-state index is 0.0919. The summed E-state index contributed by atoms with van der Waals surface area (Å²) in [6.07, 6.45) is 2.33. The number of aromatic nitrogens is 2. The molecule has 0 radical (unpaired) electrons. The van der Waals surface area contributed by atoms with Crippen LogP contribution < -0.4 is 10.5 Å². The molecule has 4 nitrogen and oxygen atoms in total. The summed E-state index contributed by atoms with van der Waals surface area (Å²) in [4.78, 5) is 21.2. The molecule has 1 aromatic heterocycles. The van der Waals surface area contributed by atoms with Crippen LogP contribution in [0.1, 0.15) is 12.8 Å². The zero-order valence-electron chi connectivity index (χ0n) is 10.1. The van der Waals surface area contributed by atoms with Gasteiger partial charge in [0.25, 0.3) is 5.56 Å². The molecule has 3 rings (SSSR count). The number of aromatic amines is 1. The Morgan fingerprint density at radius 3 is 2.56 bits per heavy atom. The van der Waals surface area contributed by atoms with Gasteiger partial charge in [-0.25, -0.2) is 4.98 Å². The molecule has 1 aliphatic rings. The molecule has 92 valence electrons. The summed E-state index contributed by atoms with van der Waals surface area (Å²) in [5, 5.41) is 0. The van der Waals surface area contributed by atoms with Crippen molar-refractivity contribution in [2.45, 2.75) is 12.8 Å². The third-order valence-corrected chi connectivity index (χ3v) is 3.20. The van der Waals surface area contributed by atoms with Gasteiger partial charge in [-0.15, -0.1) is 0 Å². The maximum absolute atomic E-state index is 11.7. The summed E-state index contributed by atoms with van der Waals surface area (Å²) in [6.45, 7) is 1.95. The van der Waals surface area contributed by atoms with Crippen molar-refractivity contribution in [1.29, 1.82) is 0 Å². The predicted molar refractivity (Wildman–Crippen MR) is 71.7 cm³/mol. The lowest BCUT2D eigenvalue weighted by Crippen LogP contribution is -2.23. The topological polar surface area (TPSA) is 49.0 Å². The molecule has 0 unspecified atom stereocenters. The van der Waals surface area contributed by atoms with E-state index in [4.69, 9.17) is 0 Å². The molecule has 0 spiro atoms. The number of anilines is 1. The first-order valence-corrected chi connectivity index (χ1v) is 6.25. The fourth-order valence-corrected chi connectivity index (χ4v) is 2.28. The summed E-state index contributed by atoms with van der Waals surface area (Å²) in [7, 11) is 0. The Bertz CT molecular complexity index is 585. The molecular weight excluding hydrogens is 226 g/mol. The molecule has 2 aromatic rings. The minimum Gasteiger partial charge on any atom is -0.342 e. The number of nitrogens with one attached hydrogen (secondary N) is 1. The van der Waals surface area contributed by atoms with E-state index in [9.17, 15) is 4.79 Å². The molecule has 0 bridgehead atoms. The Morgan fingerprint density at radius 2 is 1.83 bits per heavy atom. The van der Waals surface area contributed by atoms with Crippen LogP contribution in [0.4, 0.5) is 5.95 Å². The van der Waals surface area contributed by atoms with E-state index >= 15 is 0 Å². The average Bonchev–Trinajstić information content (AvgIpc) is 2.93. The van der Waals surface area contributed by atoms with E-state index in [-0.39, 0.29) is 5.56 Å². The zero-order valence-corrected chi connectivity index (χ0v) is 10.1. The van der Waals surface area contributed by atoms with Gasteiger partial charge < -0.3 is 4.90 Å². The van der Waals surface area contributed by atoms with Gasteiger partial charge in [0.2, 0.25) is 5.95 Å². The second-order valence-electron chi connectivity index (χ2n) is 4.51. The Kier molecular flexibility index (Phi) is 2.84. The van der Waals surface area contributed by atoms with E-state index in [0.717, 1.165) is 24.3 Å². The fraction of sp³-hybridized carbons (Fsp3) is 0.286. The number of hydrogen-bond acceptors (Lipinski definition) is 3. The number of rotatable bonds is 2. The molecule has 1 fully saturated rings. The quantitative estimate of drug-likeness (QED) is 0.875. The summed E-state index contributed by atoms with van der Waals surface area (Å²) in [5.41, 5.74) is 1.62. The van der Waals surface area contributed by atoms with Crippen molar-refractivity contribution in [3.8, 4) is 11.3 Å². The van der Waals surface area contributed by atoms with Crippen LogP contribution in [0.3, 0.4) is 0 Å². The number of benzene rings is 1. The molecule has 0 amide bonds. The molecule has 0 saturated carbocycles. The number of nitrogens with zero attached hydrogens (tertiary/aromatic N) is 2. The van der Waals surface area contributed by atoms with Crippen molar-refractivity contribution < 1.29 is 0 Å². The van der Waals surface area contributed by atoms with Crippen molar-refractivity contribution in [1.82, 2.24) is 9.97 Å². The van der Waals surface area contributed by atoms with Gasteiger partial charge in [0, 0.05) is 24.7 Å². The van der Waals surface area contributed by atoms with Crippen molar-refractivity contribution in [2.75, 3.05) is 18.0 Å². The van der Waals surface area contributed by atoms with Crippen LogP contribution in [-0.2, 0) is 0 Å². The monoisotopic (exact) mass is 241 g/mol. The van der Waals surface area contributed by atoms with E-state index in [0.29, 0.717) is 5.95 Å². The van der Waals surface area contributed by atoms with Crippen LogP contribution in [-0.4, -0.2) is 23.1 Å². The largest absolute Gasteiger partial charge is 0.342 e. The Balaban J connectivity index is 2.03. The summed E-state index contributed by atoms with van der Waals surface area (Å²) < 4.78 is 0. The molecule has 4 heteroatoms. The van der Waals surface area contributed by atoms with E-state index in [1.807, 2.05) is 30.3 Å². The maximum Gasteiger partial charge on any atom is 0.252 e. The first-order chi connectivity index (χ1) is 8.83. The van der Waals surface area contributed by atoms with Gasteiger partial charge in [-0.3, -0.25) is 9.78 Å². The highest BCUT2D eigenvalue weighted by Crippen LogP contribution is 2.19. The Morgan fingerprint density at radius 1 is 1.11 bits per heavy atom. The van der Waals surface area contributed by atoms with Gasteiger partial charge in [0.15, 0.2) is 0 Å².